The molecule has 0 N–H and O–H groups in total. The number of carbonyl (C=O) groups is 2. The van der Waals surface area contributed by atoms with Crippen molar-refractivity contribution in [2.75, 3.05) is 21.3 Å². The smallest absolute Gasteiger partial charge is 0.351 e. The van der Waals surface area contributed by atoms with E-state index >= 15 is 0 Å². The van der Waals surface area contributed by atoms with Crippen molar-refractivity contribution in [3.05, 3.63) is 15.8 Å². The lowest BCUT2D eigenvalue weighted by molar-refractivity contribution is 0.0596. The lowest BCUT2D eigenvalue weighted by atomic mass is 10.4. The minimum absolute atomic E-state index is 0.250. The fourth-order valence-corrected chi connectivity index (χ4v) is 1.92. The Labute approximate surface area is 90.6 Å². The summed E-state index contributed by atoms with van der Waals surface area (Å²) in [4.78, 5) is 23.0. The summed E-state index contributed by atoms with van der Waals surface area (Å²) in [5.74, 6) is -0.729. The molecule has 0 aliphatic rings. The number of esters is 2. The molecule has 0 saturated carbocycles. The maximum Gasteiger partial charge on any atom is 0.351 e. The number of ether oxygens (including phenoxy) is 3. The van der Waals surface area contributed by atoms with Crippen LogP contribution in [0.1, 0.15) is 19.3 Å². The molecule has 0 saturated heterocycles. The van der Waals surface area contributed by atoms with E-state index in [1.807, 2.05) is 0 Å². The van der Waals surface area contributed by atoms with Crippen molar-refractivity contribution < 1.29 is 23.8 Å². The predicted octanol–water partition coefficient (Wildman–Crippen LogP) is 1.33. The molecule has 0 aromatic carbocycles. The molecule has 0 aliphatic heterocycles. The number of hydrogen-bond donors (Lipinski definition) is 0. The minimum Gasteiger partial charge on any atom is -0.495 e. The molecule has 82 valence electrons. The van der Waals surface area contributed by atoms with Crippen LogP contribution in [0.5, 0.6) is 5.75 Å². The van der Waals surface area contributed by atoms with E-state index < -0.39 is 11.9 Å². The Hall–Kier alpha value is -1.56. The van der Waals surface area contributed by atoms with Gasteiger partial charge in [0.2, 0.25) is 0 Å². The van der Waals surface area contributed by atoms with Gasteiger partial charge in [0.05, 0.1) is 21.3 Å². The molecule has 0 amide bonds. The quantitative estimate of drug-likeness (QED) is 0.733. The van der Waals surface area contributed by atoms with Crippen molar-refractivity contribution in [3.63, 3.8) is 0 Å². The van der Waals surface area contributed by atoms with E-state index in [1.54, 1.807) is 0 Å². The van der Waals surface area contributed by atoms with Crippen LogP contribution in [0.4, 0.5) is 0 Å². The summed E-state index contributed by atoms with van der Waals surface area (Å²) in [5.41, 5.74) is 0. The van der Waals surface area contributed by atoms with Crippen LogP contribution >= 0.6 is 11.3 Å². The molecule has 1 rings (SSSR count). The van der Waals surface area contributed by atoms with Gasteiger partial charge in [-0.2, -0.15) is 0 Å². The summed E-state index contributed by atoms with van der Waals surface area (Å²) in [7, 11) is 3.95. The van der Waals surface area contributed by atoms with Crippen molar-refractivity contribution >= 4 is 23.3 Å². The normalized spacial score (nSPS) is 9.53. The van der Waals surface area contributed by atoms with Crippen molar-refractivity contribution in [1.82, 2.24) is 0 Å². The van der Waals surface area contributed by atoms with Gasteiger partial charge < -0.3 is 14.2 Å². The van der Waals surface area contributed by atoms with Gasteiger partial charge in [-0.05, 0) is 0 Å². The van der Waals surface area contributed by atoms with E-state index in [2.05, 4.69) is 9.47 Å². The van der Waals surface area contributed by atoms with Gasteiger partial charge in [-0.3, -0.25) is 0 Å². The molecule has 1 aromatic heterocycles. The van der Waals surface area contributed by atoms with Gasteiger partial charge in [0.15, 0.2) is 4.88 Å². The second kappa shape index (κ2) is 4.79. The van der Waals surface area contributed by atoms with Gasteiger partial charge in [-0.1, -0.05) is 0 Å². The van der Waals surface area contributed by atoms with E-state index in [4.69, 9.17) is 4.74 Å². The number of rotatable bonds is 3. The van der Waals surface area contributed by atoms with Crippen molar-refractivity contribution in [2.24, 2.45) is 0 Å². The van der Waals surface area contributed by atoms with Gasteiger partial charge in [0.25, 0.3) is 0 Å². The van der Waals surface area contributed by atoms with Crippen LogP contribution in [0.15, 0.2) is 6.07 Å². The number of carbonyl (C=O) groups excluding carboxylic acids is 2. The first-order valence-electron chi connectivity index (χ1n) is 3.98. The number of methoxy groups -OCH3 is 3. The van der Waals surface area contributed by atoms with Gasteiger partial charge >= 0.3 is 11.9 Å². The third-order valence-electron chi connectivity index (χ3n) is 1.68. The Morgan fingerprint density at radius 2 is 1.73 bits per heavy atom. The molecule has 5 nitrogen and oxygen atoms in total. The highest BCUT2D eigenvalue weighted by atomic mass is 32.1. The van der Waals surface area contributed by atoms with Crippen LogP contribution in [0, 0.1) is 0 Å². The largest absolute Gasteiger partial charge is 0.495 e. The molecule has 0 radical (unpaired) electrons. The van der Waals surface area contributed by atoms with E-state index in [0.29, 0.717) is 10.6 Å². The minimum atomic E-state index is -0.535. The molecule has 6 heteroatoms. The summed E-state index contributed by atoms with van der Waals surface area (Å²) in [6, 6.07) is 1.45. The van der Waals surface area contributed by atoms with E-state index in [-0.39, 0.29) is 4.88 Å². The van der Waals surface area contributed by atoms with Gasteiger partial charge in [-0.15, -0.1) is 11.3 Å². The zero-order valence-electron chi connectivity index (χ0n) is 8.53. The third kappa shape index (κ3) is 2.27. The van der Waals surface area contributed by atoms with Crippen LogP contribution in [0.3, 0.4) is 0 Å². The molecule has 0 bridgehead atoms. The average molecular weight is 230 g/mol. The fourth-order valence-electron chi connectivity index (χ4n) is 0.962. The fraction of sp³-hybridized carbons (Fsp3) is 0.333. The van der Waals surface area contributed by atoms with Gasteiger partial charge in [0, 0.05) is 6.07 Å². The predicted molar refractivity (Wildman–Crippen MR) is 53.6 cm³/mol. The van der Waals surface area contributed by atoms with E-state index in [0.717, 1.165) is 11.3 Å². The molecule has 15 heavy (non-hydrogen) atoms. The Morgan fingerprint density at radius 1 is 1.13 bits per heavy atom. The topological polar surface area (TPSA) is 61.8 Å². The molecular formula is C9H10O5S. The van der Waals surface area contributed by atoms with Crippen LogP contribution in [-0.2, 0) is 9.47 Å². The SMILES string of the molecule is COC(=O)c1cc(OC)c(C(=O)OC)s1. The zero-order chi connectivity index (χ0) is 11.4. The molecule has 0 unspecified atom stereocenters. The molecule has 1 aromatic rings. The van der Waals surface area contributed by atoms with Crippen molar-refractivity contribution in [3.8, 4) is 5.75 Å². The Balaban J connectivity index is 3.11. The monoisotopic (exact) mass is 230 g/mol. The van der Waals surface area contributed by atoms with Gasteiger partial charge in [-0.25, -0.2) is 9.59 Å². The molecule has 1 heterocycles. The summed E-state index contributed by atoms with van der Waals surface area (Å²) in [5, 5.41) is 0. The second-order valence-corrected chi connectivity index (χ2v) is 3.54. The average Bonchev–Trinajstić information content (AvgIpc) is 2.70. The van der Waals surface area contributed by atoms with E-state index in [1.165, 1.54) is 27.4 Å². The standard InChI is InChI=1S/C9H10O5S/c1-12-5-4-6(8(10)13-2)15-7(5)9(11)14-3/h4H,1-3H3. The second-order valence-electron chi connectivity index (χ2n) is 2.49. The maximum absolute atomic E-state index is 11.3. The van der Waals surface area contributed by atoms with Gasteiger partial charge in [0.1, 0.15) is 10.6 Å². The highest BCUT2D eigenvalue weighted by molar-refractivity contribution is 7.16. The van der Waals surface area contributed by atoms with Crippen molar-refractivity contribution in [2.45, 2.75) is 0 Å². The Morgan fingerprint density at radius 3 is 2.20 bits per heavy atom. The van der Waals surface area contributed by atoms with Crippen LogP contribution in [0.2, 0.25) is 0 Å². The molecular weight excluding hydrogens is 220 g/mol. The Kier molecular flexibility index (Phi) is 3.68. The number of hydrogen-bond acceptors (Lipinski definition) is 6. The molecule has 0 aliphatic carbocycles. The van der Waals surface area contributed by atoms with Crippen LogP contribution < -0.4 is 4.74 Å². The highest BCUT2D eigenvalue weighted by Gasteiger charge is 2.21. The summed E-state index contributed by atoms with van der Waals surface area (Å²) >= 11 is 0.975. The molecule has 0 atom stereocenters. The first-order valence-corrected chi connectivity index (χ1v) is 4.80. The lowest BCUT2D eigenvalue weighted by Crippen LogP contribution is -2.00. The Bertz CT molecular complexity index is 382. The molecule has 0 fully saturated rings. The third-order valence-corrected chi connectivity index (χ3v) is 2.75. The first-order chi connectivity index (χ1) is 7.13. The zero-order valence-corrected chi connectivity index (χ0v) is 9.34. The molecule has 0 spiro atoms. The highest BCUT2D eigenvalue weighted by Crippen LogP contribution is 2.30. The summed E-state index contributed by atoms with van der Waals surface area (Å²) < 4.78 is 14.0. The summed E-state index contributed by atoms with van der Waals surface area (Å²) in [6.45, 7) is 0. The number of thiophene rings is 1. The van der Waals surface area contributed by atoms with Crippen molar-refractivity contribution in [1.29, 1.82) is 0 Å². The first kappa shape index (κ1) is 11.5. The maximum atomic E-state index is 11.3. The summed E-state index contributed by atoms with van der Waals surface area (Å²) in [6.07, 6.45) is 0. The van der Waals surface area contributed by atoms with Crippen LogP contribution in [-0.4, -0.2) is 33.3 Å². The van der Waals surface area contributed by atoms with E-state index in [9.17, 15) is 9.59 Å². The lowest BCUT2D eigenvalue weighted by Gasteiger charge is -1.98. The van der Waals surface area contributed by atoms with Crippen LogP contribution in [0.25, 0.3) is 0 Å².